The third-order valence-electron chi connectivity index (χ3n) is 3.65. The van der Waals surface area contributed by atoms with Gasteiger partial charge in [-0.05, 0) is 0 Å². The number of hydrogen-bond donors (Lipinski definition) is 0. The van der Waals surface area contributed by atoms with Crippen molar-refractivity contribution in [1.82, 2.24) is 4.90 Å². The van der Waals surface area contributed by atoms with Crippen LogP contribution in [0.5, 0.6) is 0 Å². The van der Waals surface area contributed by atoms with Crippen molar-refractivity contribution in [1.29, 1.82) is 0 Å². The Morgan fingerprint density at radius 1 is 1.47 bits per heavy atom. The number of likely N-dealkylation sites (N-methyl/N-ethyl adjacent to an activating group) is 1. The summed E-state index contributed by atoms with van der Waals surface area (Å²) in [5.41, 5.74) is 1.54. The van der Waals surface area contributed by atoms with Crippen molar-refractivity contribution in [3.8, 4) is 0 Å². The van der Waals surface area contributed by atoms with Crippen LogP contribution in [0, 0.1) is 0 Å². The molecule has 3 heterocycles. The molecule has 1 nitrogen and oxygen atoms in total. The average Bonchev–Trinajstić information content (AvgIpc) is 2.70. The van der Waals surface area contributed by atoms with Crippen molar-refractivity contribution in [2.45, 2.75) is 31.3 Å². The summed E-state index contributed by atoms with van der Waals surface area (Å²) in [7, 11) is 2.25. The van der Waals surface area contributed by atoms with E-state index in [1.807, 2.05) is 0 Å². The van der Waals surface area contributed by atoms with E-state index in [1.54, 1.807) is 0 Å². The summed E-state index contributed by atoms with van der Waals surface area (Å²) in [6.45, 7) is 0. The molecule has 80 valence electrons. The van der Waals surface area contributed by atoms with E-state index >= 15 is 0 Å². The van der Waals surface area contributed by atoms with Gasteiger partial charge in [-0.2, -0.15) is 0 Å². The Morgan fingerprint density at radius 3 is 3.00 bits per heavy atom. The zero-order valence-corrected chi connectivity index (χ0v) is 11.2. The van der Waals surface area contributed by atoms with Crippen LogP contribution >= 0.6 is 11.6 Å². The Balaban J connectivity index is 1.97. The van der Waals surface area contributed by atoms with Gasteiger partial charge in [0.15, 0.2) is 0 Å². The molecule has 0 spiro atoms. The molecule has 0 saturated carbocycles. The summed E-state index contributed by atoms with van der Waals surface area (Å²) < 4.78 is 1.44. The van der Waals surface area contributed by atoms with Crippen LogP contribution in [0.2, 0.25) is 5.02 Å². The molecule has 2 unspecified atom stereocenters. The molecule has 0 aliphatic carbocycles. The summed E-state index contributed by atoms with van der Waals surface area (Å²) >= 11 is 6.70. The van der Waals surface area contributed by atoms with Gasteiger partial charge in [0.25, 0.3) is 0 Å². The molecule has 3 heteroatoms. The van der Waals surface area contributed by atoms with Crippen LogP contribution in [0.1, 0.15) is 23.7 Å². The van der Waals surface area contributed by atoms with Crippen molar-refractivity contribution in [2.24, 2.45) is 0 Å². The second kappa shape index (κ2) is 3.78. The molecule has 1 saturated heterocycles. The number of nitrogens with zero attached hydrogens (tertiary/aromatic N) is 1. The van der Waals surface area contributed by atoms with Gasteiger partial charge in [-0.3, -0.25) is 0 Å². The van der Waals surface area contributed by atoms with Crippen molar-refractivity contribution in [3.63, 3.8) is 0 Å². The van der Waals surface area contributed by atoms with Gasteiger partial charge < -0.3 is 0 Å². The molecule has 1 fully saturated rings. The maximum atomic E-state index is 6.22. The van der Waals surface area contributed by atoms with E-state index in [2.05, 4.69) is 29.0 Å². The van der Waals surface area contributed by atoms with Gasteiger partial charge in [0.2, 0.25) is 0 Å². The second-order valence-corrected chi connectivity index (χ2v) is 6.79. The summed E-state index contributed by atoms with van der Waals surface area (Å²) in [6.07, 6.45) is 6.35. The summed E-state index contributed by atoms with van der Waals surface area (Å²) in [6, 6.07) is 3.51. The molecule has 2 atom stereocenters. The van der Waals surface area contributed by atoms with Gasteiger partial charge in [-0.25, -0.2) is 0 Å². The topological polar surface area (TPSA) is 3.24 Å². The first kappa shape index (κ1) is 10.2. The van der Waals surface area contributed by atoms with E-state index in [4.69, 9.17) is 11.6 Å². The molecule has 1 aromatic heterocycles. The molecule has 15 heavy (non-hydrogen) atoms. The first-order valence-corrected chi connectivity index (χ1v) is 7.64. The fourth-order valence-electron chi connectivity index (χ4n) is 2.73. The molecule has 0 aromatic carbocycles. The van der Waals surface area contributed by atoms with E-state index in [9.17, 15) is 0 Å². The van der Waals surface area contributed by atoms with Gasteiger partial charge in [0.05, 0.1) is 0 Å². The van der Waals surface area contributed by atoms with Gasteiger partial charge in [0.1, 0.15) is 0 Å². The normalized spacial score (nSPS) is 30.7. The van der Waals surface area contributed by atoms with Crippen LogP contribution in [0.25, 0.3) is 5.57 Å². The molecule has 1 aromatic rings. The molecular weight excluding hydrogens is 273 g/mol. The van der Waals surface area contributed by atoms with Crippen molar-refractivity contribution >= 4 is 31.7 Å². The molecule has 3 rings (SSSR count). The van der Waals surface area contributed by atoms with Crippen LogP contribution in [0.3, 0.4) is 0 Å². The van der Waals surface area contributed by atoms with Gasteiger partial charge in [-0.1, -0.05) is 0 Å². The molecular formula is C12H14ClNSe. The number of hydrogen-bond acceptors (Lipinski definition) is 1. The Labute approximate surface area is 101 Å². The second-order valence-electron chi connectivity index (χ2n) is 4.46. The van der Waals surface area contributed by atoms with Gasteiger partial charge in [-0.15, -0.1) is 0 Å². The van der Waals surface area contributed by atoms with Crippen LogP contribution < -0.4 is 0 Å². The summed E-state index contributed by atoms with van der Waals surface area (Å²) in [5, 5.41) is 0.991. The quantitative estimate of drug-likeness (QED) is 0.718. The van der Waals surface area contributed by atoms with E-state index in [0.29, 0.717) is 20.5 Å². The van der Waals surface area contributed by atoms with Crippen LogP contribution in [-0.4, -0.2) is 38.5 Å². The molecule has 0 amide bonds. The van der Waals surface area contributed by atoms with E-state index in [-0.39, 0.29) is 0 Å². The van der Waals surface area contributed by atoms with Crippen LogP contribution in [0.4, 0.5) is 0 Å². The predicted molar refractivity (Wildman–Crippen MR) is 65.6 cm³/mol. The minimum atomic E-state index is 0.484. The molecule has 2 aliphatic rings. The zero-order chi connectivity index (χ0) is 10.4. The molecule has 0 N–H and O–H groups in total. The van der Waals surface area contributed by atoms with Gasteiger partial charge >= 0.3 is 102 Å². The maximum absolute atomic E-state index is 6.22. The Kier molecular flexibility index (Phi) is 2.56. The molecule has 2 aliphatic heterocycles. The third kappa shape index (κ3) is 1.64. The van der Waals surface area contributed by atoms with Crippen molar-refractivity contribution in [3.05, 3.63) is 26.5 Å². The Morgan fingerprint density at radius 2 is 2.33 bits per heavy atom. The first-order chi connectivity index (χ1) is 7.25. The van der Waals surface area contributed by atoms with Crippen molar-refractivity contribution < 1.29 is 0 Å². The number of halogens is 1. The summed E-state index contributed by atoms with van der Waals surface area (Å²) in [5.74, 6) is 0. The Hall–Kier alpha value is -0.0105. The average molecular weight is 287 g/mol. The number of rotatable bonds is 1. The third-order valence-corrected chi connectivity index (χ3v) is 6.30. The SMILES string of the molecule is CN1C2C=C(c3[se]ccc3Cl)CC1CC2. The van der Waals surface area contributed by atoms with Crippen LogP contribution in [-0.2, 0) is 0 Å². The molecule has 0 radical (unpaired) electrons. The molecule has 2 bridgehead atoms. The fourth-order valence-corrected chi connectivity index (χ4v) is 5.05. The van der Waals surface area contributed by atoms with E-state index < -0.39 is 0 Å². The predicted octanol–water partition coefficient (Wildman–Crippen LogP) is 2.65. The van der Waals surface area contributed by atoms with Gasteiger partial charge in [0, 0.05) is 0 Å². The number of fused-ring (bicyclic) bond motifs is 2. The van der Waals surface area contributed by atoms with E-state index in [0.717, 1.165) is 11.1 Å². The van der Waals surface area contributed by atoms with E-state index in [1.165, 1.54) is 29.3 Å². The zero-order valence-electron chi connectivity index (χ0n) is 8.74. The Bertz CT molecular complexity index is 410. The fraction of sp³-hybridized carbons (Fsp3) is 0.500. The monoisotopic (exact) mass is 287 g/mol. The standard InChI is InChI=1S/C12H14ClNSe/c1-14-9-2-3-10(14)7-8(6-9)12-11(13)4-5-15-12/h4-6,9-10H,2-3,7H2,1H3. The first-order valence-electron chi connectivity index (χ1n) is 5.41. The minimum absolute atomic E-state index is 0.484. The van der Waals surface area contributed by atoms with Crippen molar-refractivity contribution in [2.75, 3.05) is 7.05 Å². The van der Waals surface area contributed by atoms with Crippen LogP contribution in [0.15, 0.2) is 17.1 Å². The summed E-state index contributed by atoms with van der Waals surface area (Å²) in [4.78, 5) is 4.75.